The van der Waals surface area contributed by atoms with Crippen molar-refractivity contribution >= 4 is 17.4 Å². The lowest BCUT2D eigenvalue weighted by Gasteiger charge is -2.25. The number of aliphatic hydroxyl groups excluding tert-OH is 1. The molecule has 0 saturated carbocycles. The van der Waals surface area contributed by atoms with Gasteiger partial charge in [-0.3, -0.25) is 9.59 Å². The Morgan fingerprint density at radius 2 is 1.85 bits per heavy atom. The number of carbonyl (C=O) groups is 2. The number of imidazole rings is 1. The first-order valence-corrected chi connectivity index (χ1v) is 11.1. The number of nitrogens with zero attached hydrogens (tertiary/aromatic N) is 3. The standard InChI is InChI=1S/C27H27N3O4/c1-3-17-34-22-11-9-21(10-12-22)25(31)23-24(20-7-5-19(2)6-8-20)30(27(33)26(23)32)15-4-14-29-16-13-28-18-29/h3,5-13,16,18,24,31H,1,4,14-15,17H2,2H3/t24-/m0/s1. The Bertz CT molecular complexity index is 1200. The summed E-state index contributed by atoms with van der Waals surface area (Å²) < 4.78 is 7.42. The van der Waals surface area contributed by atoms with Gasteiger partial charge in [-0.15, -0.1) is 0 Å². The van der Waals surface area contributed by atoms with Crippen molar-refractivity contribution in [2.45, 2.75) is 25.9 Å². The normalized spacial score (nSPS) is 17.2. The van der Waals surface area contributed by atoms with Crippen LogP contribution in [0.2, 0.25) is 0 Å². The van der Waals surface area contributed by atoms with Crippen molar-refractivity contribution < 1.29 is 19.4 Å². The van der Waals surface area contributed by atoms with E-state index in [0.717, 1.165) is 11.1 Å². The molecule has 0 unspecified atom stereocenters. The smallest absolute Gasteiger partial charge is 0.295 e. The molecule has 7 nitrogen and oxygen atoms in total. The van der Waals surface area contributed by atoms with Gasteiger partial charge in [-0.05, 0) is 43.2 Å². The first kappa shape index (κ1) is 23.0. The number of benzene rings is 2. The summed E-state index contributed by atoms with van der Waals surface area (Å²) in [5, 5.41) is 11.2. The molecule has 34 heavy (non-hydrogen) atoms. The minimum atomic E-state index is -0.683. The number of ketones is 1. The lowest BCUT2D eigenvalue weighted by molar-refractivity contribution is -0.139. The third-order valence-corrected chi connectivity index (χ3v) is 5.80. The largest absolute Gasteiger partial charge is 0.507 e. The van der Waals surface area contributed by atoms with E-state index in [-0.39, 0.29) is 11.3 Å². The van der Waals surface area contributed by atoms with Gasteiger partial charge in [-0.2, -0.15) is 0 Å². The van der Waals surface area contributed by atoms with Crippen molar-refractivity contribution in [2.75, 3.05) is 13.2 Å². The average molecular weight is 458 g/mol. The highest BCUT2D eigenvalue weighted by atomic mass is 16.5. The number of aliphatic hydroxyl groups is 1. The Morgan fingerprint density at radius 3 is 2.50 bits per heavy atom. The number of hydrogen-bond donors (Lipinski definition) is 1. The van der Waals surface area contributed by atoms with E-state index in [2.05, 4.69) is 11.6 Å². The van der Waals surface area contributed by atoms with Crippen LogP contribution in [0.5, 0.6) is 5.75 Å². The molecule has 7 heteroatoms. The fourth-order valence-corrected chi connectivity index (χ4v) is 4.07. The minimum absolute atomic E-state index is 0.0937. The molecule has 0 radical (unpaired) electrons. The second-order valence-electron chi connectivity index (χ2n) is 8.18. The highest BCUT2D eigenvalue weighted by Crippen LogP contribution is 2.39. The Balaban J connectivity index is 1.68. The van der Waals surface area contributed by atoms with E-state index in [4.69, 9.17) is 4.74 Å². The van der Waals surface area contributed by atoms with Gasteiger partial charge in [0.05, 0.1) is 17.9 Å². The number of aryl methyl sites for hydroxylation is 2. The van der Waals surface area contributed by atoms with Crippen LogP contribution in [0.1, 0.15) is 29.2 Å². The third-order valence-electron chi connectivity index (χ3n) is 5.80. The molecule has 1 saturated heterocycles. The van der Waals surface area contributed by atoms with Crippen molar-refractivity contribution in [2.24, 2.45) is 0 Å². The van der Waals surface area contributed by atoms with Crippen LogP contribution in [0, 0.1) is 6.92 Å². The van der Waals surface area contributed by atoms with Crippen LogP contribution in [-0.4, -0.2) is 44.4 Å². The van der Waals surface area contributed by atoms with Gasteiger partial charge in [0, 0.05) is 31.0 Å². The molecule has 1 N–H and O–H groups in total. The van der Waals surface area contributed by atoms with Crippen molar-refractivity contribution in [1.82, 2.24) is 14.5 Å². The summed E-state index contributed by atoms with van der Waals surface area (Å²) in [5.41, 5.74) is 2.38. The average Bonchev–Trinajstić information content (AvgIpc) is 3.45. The lowest BCUT2D eigenvalue weighted by Crippen LogP contribution is -2.31. The van der Waals surface area contributed by atoms with Crippen LogP contribution in [0.3, 0.4) is 0 Å². The molecule has 0 spiro atoms. The molecule has 4 rings (SSSR count). The summed E-state index contributed by atoms with van der Waals surface area (Å²) >= 11 is 0. The number of hydrogen-bond acceptors (Lipinski definition) is 5. The Kier molecular flexibility index (Phi) is 6.92. The van der Waals surface area contributed by atoms with Gasteiger partial charge in [0.2, 0.25) is 0 Å². The molecule has 1 amide bonds. The lowest BCUT2D eigenvalue weighted by atomic mass is 9.94. The number of rotatable bonds is 9. The van der Waals surface area contributed by atoms with E-state index in [1.165, 1.54) is 0 Å². The van der Waals surface area contributed by atoms with Gasteiger partial charge in [0.15, 0.2) is 0 Å². The first-order chi connectivity index (χ1) is 16.5. The Morgan fingerprint density at radius 1 is 1.12 bits per heavy atom. The van der Waals surface area contributed by atoms with Gasteiger partial charge in [0.1, 0.15) is 18.1 Å². The highest BCUT2D eigenvalue weighted by molar-refractivity contribution is 6.46. The SMILES string of the molecule is C=CCOc1ccc(C(O)=C2C(=O)C(=O)N(CCCn3ccnc3)[C@H]2c2ccc(C)cc2)cc1. The zero-order valence-electron chi connectivity index (χ0n) is 19.1. The van der Waals surface area contributed by atoms with Crippen molar-refractivity contribution in [3.63, 3.8) is 0 Å². The monoisotopic (exact) mass is 457 g/mol. The van der Waals surface area contributed by atoms with E-state index >= 15 is 0 Å². The molecular weight excluding hydrogens is 430 g/mol. The fourth-order valence-electron chi connectivity index (χ4n) is 4.07. The van der Waals surface area contributed by atoms with E-state index < -0.39 is 17.7 Å². The summed E-state index contributed by atoms with van der Waals surface area (Å²) in [4.78, 5) is 31.8. The van der Waals surface area contributed by atoms with Crippen LogP contribution < -0.4 is 4.74 Å². The number of amides is 1. The van der Waals surface area contributed by atoms with E-state index in [9.17, 15) is 14.7 Å². The zero-order chi connectivity index (χ0) is 24.1. The number of aromatic nitrogens is 2. The van der Waals surface area contributed by atoms with Crippen molar-refractivity contribution in [1.29, 1.82) is 0 Å². The molecule has 2 heterocycles. The molecule has 3 aromatic rings. The van der Waals surface area contributed by atoms with Crippen LogP contribution in [0.4, 0.5) is 0 Å². The number of ether oxygens (including phenoxy) is 1. The first-order valence-electron chi connectivity index (χ1n) is 11.1. The summed E-state index contributed by atoms with van der Waals surface area (Å²) in [7, 11) is 0. The van der Waals surface area contributed by atoms with Crippen LogP contribution in [-0.2, 0) is 16.1 Å². The van der Waals surface area contributed by atoms with E-state index in [0.29, 0.717) is 37.4 Å². The highest BCUT2D eigenvalue weighted by Gasteiger charge is 2.45. The summed E-state index contributed by atoms with van der Waals surface area (Å²) in [6.07, 6.45) is 7.55. The van der Waals surface area contributed by atoms with Crippen molar-refractivity contribution in [3.05, 3.63) is 102 Å². The van der Waals surface area contributed by atoms with Crippen LogP contribution in [0.15, 0.2) is 85.5 Å². The van der Waals surface area contributed by atoms with Gasteiger partial charge >= 0.3 is 0 Å². The number of likely N-dealkylation sites (tertiary alicyclic amines) is 1. The van der Waals surface area contributed by atoms with Crippen LogP contribution >= 0.6 is 0 Å². The molecule has 1 fully saturated rings. The summed E-state index contributed by atoms with van der Waals surface area (Å²) in [5.74, 6) is -0.871. The zero-order valence-corrected chi connectivity index (χ0v) is 19.1. The predicted molar refractivity (Wildman–Crippen MR) is 129 cm³/mol. The quantitative estimate of drug-likeness (QED) is 0.225. The third kappa shape index (κ3) is 4.78. The van der Waals surface area contributed by atoms with Crippen molar-refractivity contribution in [3.8, 4) is 5.75 Å². The van der Waals surface area contributed by atoms with Gasteiger partial charge in [-0.1, -0.05) is 42.5 Å². The van der Waals surface area contributed by atoms with Crippen LogP contribution in [0.25, 0.3) is 5.76 Å². The van der Waals surface area contributed by atoms with Gasteiger partial charge in [-0.25, -0.2) is 4.98 Å². The topological polar surface area (TPSA) is 84.7 Å². The maximum Gasteiger partial charge on any atom is 0.295 e. The Hall–Kier alpha value is -4.13. The summed E-state index contributed by atoms with van der Waals surface area (Å²) in [6, 6.07) is 13.8. The van der Waals surface area contributed by atoms with E-state index in [1.807, 2.05) is 42.0 Å². The molecule has 1 aliphatic rings. The molecule has 174 valence electrons. The molecule has 1 aromatic heterocycles. The summed E-state index contributed by atoms with van der Waals surface area (Å²) in [6.45, 7) is 6.99. The minimum Gasteiger partial charge on any atom is -0.507 e. The molecular formula is C27H27N3O4. The molecule has 2 aromatic carbocycles. The number of Topliss-reactive ketones (excluding diaryl/α,β-unsaturated/α-hetero) is 1. The molecule has 1 atom stereocenters. The second kappa shape index (κ2) is 10.2. The molecule has 1 aliphatic heterocycles. The molecule has 0 aliphatic carbocycles. The molecule has 0 bridgehead atoms. The maximum absolute atomic E-state index is 13.1. The maximum atomic E-state index is 13.1. The Labute approximate surface area is 198 Å². The van der Waals surface area contributed by atoms with E-state index in [1.54, 1.807) is 47.8 Å². The van der Waals surface area contributed by atoms with Gasteiger partial charge in [0.25, 0.3) is 11.7 Å². The predicted octanol–water partition coefficient (Wildman–Crippen LogP) is 4.27. The second-order valence-corrected chi connectivity index (χ2v) is 8.18. The fraction of sp³-hybridized carbons (Fsp3) is 0.222. The number of carbonyl (C=O) groups excluding carboxylic acids is 2. The van der Waals surface area contributed by atoms with Gasteiger partial charge < -0.3 is 19.3 Å².